The predicted molar refractivity (Wildman–Crippen MR) is 69.8 cm³/mol. The van der Waals surface area contributed by atoms with E-state index in [1.807, 2.05) is 6.20 Å². The molecule has 2 rings (SSSR count). The van der Waals surface area contributed by atoms with E-state index >= 15 is 0 Å². The molecule has 0 saturated carbocycles. The number of aryl methyl sites for hydroxylation is 1. The summed E-state index contributed by atoms with van der Waals surface area (Å²) in [6.45, 7) is 8.83. The Bertz CT molecular complexity index is 506. The van der Waals surface area contributed by atoms with Crippen molar-refractivity contribution in [3.05, 3.63) is 41.6 Å². The van der Waals surface area contributed by atoms with Crippen LogP contribution in [0.1, 0.15) is 38.8 Å². The normalized spacial score (nSPS) is 12.0. The first-order valence-electron chi connectivity index (χ1n) is 5.90. The molecule has 0 aliphatic rings. The first kappa shape index (κ1) is 11.1. The summed E-state index contributed by atoms with van der Waals surface area (Å²) >= 11 is 0. The fraction of sp³-hybridized carbons (Fsp3) is 0.400. The highest BCUT2D eigenvalue weighted by atomic mass is 14.7. The molecule has 1 heteroatoms. The second-order valence-corrected chi connectivity index (χ2v) is 5.35. The zero-order valence-corrected chi connectivity index (χ0v) is 10.5. The van der Waals surface area contributed by atoms with E-state index in [1.165, 1.54) is 16.5 Å². The average molecular weight is 213 g/mol. The molecule has 1 aromatic carbocycles. The Balaban J connectivity index is 2.56. The number of nitrogens with zero attached hydrogens (tertiary/aromatic N) is 1. The summed E-state index contributed by atoms with van der Waals surface area (Å²) in [6, 6.07) is 8.80. The van der Waals surface area contributed by atoms with E-state index in [4.69, 9.17) is 0 Å². The minimum atomic E-state index is 0.171. The first-order valence-corrected chi connectivity index (χ1v) is 5.90. The van der Waals surface area contributed by atoms with Crippen LogP contribution in [0.2, 0.25) is 0 Å². The number of fused-ring (bicyclic) bond motifs is 1. The fourth-order valence-corrected chi connectivity index (χ4v) is 1.80. The van der Waals surface area contributed by atoms with E-state index in [-0.39, 0.29) is 5.41 Å². The lowest BCUT2D eigenvalue weighted by molar-refractivity contribution is 0.589. The van der Waals surface area contributed by atoms with Gasteiger partial charge in [0.1, 0.15) is 0 Å². The Morgan fingerprint density at radius 2 is 1.88 bits per heavy atom. The molecule has 0 saturated heterocycles. The van der Waals surface area contributed by atoms with Crippen molar-refractivity contribution < 1.29 is 0 Å². The van der Waals surface area contributed by atoms with Crippen LogP contribution in [0, 0.1) is 0 Å². The van der Waals surface area contributed by atoms with Crippen LogP contribution < -0.4 is 0 Å². The maximum absolute atomic E-state index is 4.56. The van der Waals surface area contributed by atoms with Gasteiger partial charge in [-0.3, -0.25) is 4.98 Å². The molecule has 0 atom stereocenters. The number of rotatable bonds is 1. The second-order valence-electron chi connectivity index (χ2n) is 5.35. The Kier molecular flexibility index (Phi) is 2.71. The maximum Gasteiger partial charge on any atom is 0.0704 e. The summed E-state index contributed by atoms with van der Waals surface area (Å²) in [7, 11) is 0. The van der Waals surface area contributed by atoms with Crippen molar-refractivity contribution in [2.24, 2.45) is 0 Å². The molecule has 0 amide bonds. The van der Waals surface area contributed by atoms with Crippen molar-refractivity contribution in [1.29, 1.82) is 0 Å². The van der Waals surface area contributed by atoms with Crippen LogP contribution in [-0.2, 0) is 11.8 Å². The smallest absolute Gasteiger partial charge is 0.0704 e. The number of hydrogen-bond donors (Lipinski definition) is 0. The minimum absolute atomic E-state index is 0.171. The van der Waals surface area contributed by atoms with Gasteiger partial charge in [0.15, 0.2) is 0 Å². The van der Waals surface area contributed by atoms with Gasteiger partial charge in [0.2, 0.25) is 0 Å². The van der Waals surface area contributed by atoms with Crippen molar-refractivity contribution in [3.63, 3.8) is 0 Å². The summed E-state index contributed by atoms with van der Waals surface area (Å²) in [5, 5.41) is 1.24. The largest absolute Gasteiger partial charge is 0.256 e. The molecule has 1 aromatic heterocycles. The molecule has 0 spiro atoms. The summed E-state index contributed by atoms with van der Waals surface area (Å²) in [5.74, 6) is 0. The third-order valence-corrected chi connectivity index (χ3v) is 3.02. The lowest BCUT2D eigenvalue weighted by Gasteiger charge is -2.18. The molecule has 0 aliphatic carbocycles. The van der Waals surface area contributed by atoms with Gasteiger partial charge in [-0.2, -0.15) is 0 Å². The summed E-state index contributed by atoms with van der Waals surface area (Å²) < 4.78 is 0. The molecule has 16 heavy (non-hydrogen) atoms. The van der Waals surface area contributed by atoms with Crippen molar-refractivity contribution in [2.45, 2.75) is 39.5 Å². The first-order chi connectivity index (χ1) is 7.50. The Labute approximate surface area is 97.5 Å². The fourth-order valence-electron chi connectivity index (χ4n) is 1.80. The van der Waals surface area contributed by atoms with Gasteiger partial charge in [-0.05, 0) is 35.1 Å². The minimum Gasteiger partial charge on any atom is -0.256 e. The Hall–Kier alpha value is -1.37. The molecule has 0 fully saturated rings. The lowest BCUT2D eigenvalue weighted by Crippen LogP contribution is -2.11. The van der Waals surface area contributed by atoms with Crippen molar-refractivity contribution in [1.82, 2.24) is 4.98 Å². The van der Waals surface area contributed by atoms with Crippen molar-refractivity contribution >= 4 is 10.9 Å². The van der Waals surface area contributed by atoms with Crippen LogP contribution in [0.25, 0.3) is 10.9 Å². The van der Waals surface area contributed by atoms with Gasteiger partial charge in [0, 0.05) is 11.6 Å². The van der Waals surface area contributed by atoms with Gasteiger partial charge in [0.25, 0.3) is 0 Å². The molecule has 84 valence electrons. The zero-order chi connectivity index (χ0) is 11.8. The maximum atomic E-state index is 4.56. The molecule has 2 aromatic rings. The van der Waals surface area contributed by atoms with Crippen LogP contribution in [0.15, 0.2) is 30.5 Å². The SMILES string of the molecule is CCc1ccc2cc(C(C)(C)C)cnc2c1. The van der Waals surface area contributed by atoms with E-state index < -0.39 is 0 Å². The Morgan fingerprint density at radius 1 is 1.12 bits per heavy atom. The van der Waals surface area contributed by atoms with Crippen LogP contribution in [-0.4, -0.2) is 4.98 Å². The molecule has 0 radical (unpaired) electrons. The van der Waals surface area contributed by atoms with E-state index in [9.17, 15) is 0 Å². The molecule has 1 heterocycles. The number of benzene rings is 1. The van der Waals surface area contributed by atoms with Gasteiger partial charge < -0.3 is 0 Å². The summed E-state index contributed by atoms with van der Waals surface area (Å²) in [6.07, 6.45) is 3.07. The summed E-state index contributed by atoms with van der Waals surface area (Å²) in [5.41, 5.74) is 3.92. The number of pyridine rings is 1. The van der Waals surface area contributed by atoms with Crippen LogP contribution in [0.5, 0.6) is 0 Å². The second kappa shape index (κ2) is 3.89. The quantitative estimate of drug-likeness (QED) is 0.695. The molecule has 0 aliphatic heterocycles. The third-order valence-electron chi connectivity index (χ3n) is 3.02. The van der Waals surface area contributed by atoms with Crippen LogP contribution in [0.4, 0.5) is 0 Å². The van der Waals surface area contributed by atoms with Crippen molar-refractivity contribution in [2.75, 3.05) is 0 Å². The van der Waals surface area contributed by atoms with Gasteiger partial charge in [-0.25, -0.2) is 0 Å². The lowest BCUT2D eigenvalue weighted by atomic mass is 9.87. The monoisotopic (exact) mass is 213 g/mol. The molecule has 0 unspecified atom stereocenters. The Morgan fingerprint density at radius 3 is 2.50 bits per heavy atom. The molecule has 0 N–H and O–H groups in total. The van der Waals surface area contributed by atoms with E-state index in [2.05, 4.69) is 56.9 Å². The molecule has 0 bridgehead atoms. The number of aromatic nitrogens is 1. The molecular formula is C15H19N. The zero-order valence-electron chi connectivity index (χ0n) is 10.5. The van der Waals surface area contributed by atoms with E-state index in [1.54, 1.807) is 0 Å². The van der Waals surface area contributed by atoms with Gasteiger partial charge in [-0.1, -0.05) is 39.8 Å². The van der Waals surface area contributed by atoms with E-state index in [0.717, 1.165) is 11.9 Å². The highest BCUT2D eigenvalue weighted by Gasteiger charge is 2.14. The average Bonchev–Trinajstić information content (AvgIpc) is 2.26. The topological polar surface area (TPSA) is 12.9 Å². The molecule has 1 nitrogen and oxygen atoms in total. The van der Waals surface area contributed by atoms with Crippen LogP contribution >= 0.6 is 0 Å². The molecular weight excluding hydrogens is 194 g/mol. The number of hydrogen-bond acceptors (Lipinski definition) is 1. The predicted octanol–water partition coefficient (Wildman–Crippen LogP) is 4.09. The van der Waals surface area contributed by atoms with Gasteiger partial charge in [-0.15, -0.1) is 0 Å². The third kappa shape index (κ3) is 2.08. The van der Waals surface area contributed by atoms with Crippen molar-refractivity contribution in [3.8, 4) is 0 Å². The van der Waals surface area contributed by atoms with Crippen LogP contribution in [0.3, 0.4) is 0 Å². The van der Waals surface area contributed by atoms with Gasteiger partial charge in [0.05, 0.1) is 5.52 Å². The standard InChI is InChI=1S/C15H19N/c1-5-11-6-7-12-9-13(15(2,3)4)10-16-14(12)8-11/h6-10H,5H2,1-4H3. The highest BCUT2D eigenvalue weighted by Crippen LogP contribution is 2.24. The van der Waals surface area contributed by atoms with Gasteiger partial charge >= 0.3 is 0 Å². The van der Waals surface area contributed by atoms with E-state index in [0.29, 0.717) is 0 Å². The summed E-state index contributed by atoms with van der Waals surface area (Å²) in [4.78, 5) is 4.56. The highest BCUT2D eigenvalue weighted by molar-refractivity contribution is 5.79.